The highest BCUT2D eigenvalue weighted by molar-refractivity contribution is 5.78. The van der Waals surface area contributed by atoms with E-state index >= 15 is 0 Å². The van der Waals surface area contributed by atoms with Gasteiger partial charge in [-0.3, -0.25) is 4.79 Å². The second kappa shape index (κ2) is 6.42. The van der Waals surface area contributed by atoms with Gasteiger partial charge in [0.15, 0.2) is 0 Å². The van der Waals surface area contributed by atoms with E-state index in [9.17, 15) is 4.79 Å². The molecule has 100 valence electrons. The molecule has 0 atom stereocenters. The number of hydrogen-bond donors (Lipinski definition) is 1. The lowest BCUT2D eigenvalue weighted by molar-refractivity contribution is -0.126. The summed E-state index contributed by atoms with van der Waals surface area (Å²) in [5.74, 6) is 1.42. The summed E-state index contributed by atoms with van der Waals surface area (Å²) in [7, 11) is 0. The average Bonchev–Trinajstić information content (AvgIpc) is 2.24. The third-order valence-corrected chi connectivity index (χ3v) is 3.67. The lowest BCUT2D eigenvalue weighted by Gasteiger charge is -2.32. The van der Waals surface area contributed by atoms with E-state index in [0.29, 0.717) is 11.3 Å². The van der Waals surface area contributed by atoms with Crippen LogP contribution in [0.5, 0.6) is 0 Å². The highest BCUT2D eigenvalue weighted by Gasteiger charge is 2.28. The van der Waals surface area contributed by atoms with Gasteiger partial charge >= 0.3 is 0 Å². The van der Waals surface area contributed by atoms with Crippen molar-refractivity contribution < 1.29 is 4.79 Å². The van der Waals surface area contributed by atoms with E-state index in [-0.39, 0.29) is 5.92 Å². The Morgan fingerprint density at radius 2 is 1.76 bits per heavy atom. The number of carbonyl (C=O) groups excluding carboxylic acids is 1. The van der Waals surface area contributed by atoms with Gasteiger partial charge in [0.1, 0.15) is 0 Å². The van der Waals surface area contributed by atoms with Crippen LogP contribution >= 0.6 is 0 Å². The maximum Gasteiger partial charge on any atom is 0.223 e. The minimum atomic E-state index is 0.290. The zero-order valence-electron chi connectivity index (χ0n) is 12.0. The fourth-order valence-corrected chi connectivity index (χ4v) is 2.89. The van der Waals surface area contributed by atoms with Crippen LogP contribution in [0.3, 0.4) is 0 Å². The van der Waals surface area contributed by atoms with Gasteiger partial charge in [-0.2, -0.15) is 0 Å². The molecule has 0 aromatic rings. The number of rotatable bonds is 4. The molecule has 0 unspecified atom stereocenters. The second-order valence-electron chi connectivity index (χ2n) is 6.77. The Balaban J connectivity index is 2.28. The Bertz CT molecular complexity index is 234. The molecule has 1 saturated carbocycles. The summed E-state index contributed by atoms with van der Waals surface area (Å²) in [4.78, 5) is 11.8. The van der Waals surface area contributed by atoms with Gasteiger partial charge in [-0.1, -0.05) is 27.7 Å². The number of amides is 1. The van der Waals surface area contributed by atoms with Crippen molar-refractivity contribution >= 4 is 5.91 Å². The van der Waals surface area contributed by atoms with Crippen molar-refractivity contribution in [1.29, 1.82) is 0 Å². The van der Waals surface area contributed by atoms with Gasteiger partial charge in [0.25, 0.3) is 0 Å². The molecule has 17 heavy (non-hydrogen) atoms. The molecule has 0 heterocycles. The number of nitrogens with one attached hydrogen (secondary N) is 1. The summed E-state index contributed by atoms with van der Waals surface area (Å²) in [6, 6.07) is 0. The zero-order valence-corrected chi connectivity index (χ0v) is 12.0. The Hall–Kier alpha value is -0.530. The van der Waals surface area contributed by atoms with Crippen LogP contribution in [-0.4, -0.2) is 12.5 Å². The van der Waals surface area contributed by atoms with E-state index in [2.05, 4.69) is 33.0 Å². The minimum Gasteiger partial charge on any atom is -0.356 e. The van der Waals surface area contributed by atoms with Gasteiger partial charge in [0, 0.05) is 12.5 Å². The van der Waals surface area contributed by atoms with Crippen molar-refractivity contribution in [3.05, 3.63) is 0 Å². The van der Waals surface area contributed by atoms with Crippen LogP contribution in [-0.2, 0) is 4.79 Å². The first-order valence-electron chi connectivity index (χ1n) is 7.20. The first-order chi connectivity index (χ1) is 7.92. The van der Waals surface area contributed by atoms with E-state index in [1.165, 1.54) is 19.3 Å². The normalized spacial score (nSPS) is 25.6. The summed E-state index contributed by atoms with van der Waals surface area (Å²) in [6.07, 6.45) is 7.00. The minimum absolute atomic E-state index is 0.290. The maximum absolute atomic E-state index is 11.8. The van der Waals surface area contributed by atoms with Crippen LogP contribution in [0.25, 0.3) is 0 Å². The summed E-state index contributed by atoms with van der Waals surface area (Å²) in [5.41, 5.74) is 0.433. The van der Waals surface area contributed by atoms with Crippen molar-refractivity contribution in [3.8, 4) is 0 Å². The predicted octanol–water partition coefficient (Wildman–Crippen LogP) is 3.76. The average molecular weight is 239 g/mol. The molecule has 1 amide bonds. The van der Waals surface area contributed by atoms with Gasteiger partial charge in [-0.05, 0) is 49.9 Å². The van der Waals surface area contributed by atoms with Crippen LogP contribution in [0.2, 0.25) is 0 Å². The van der Waals surface area contributed by atoms with E-state index in [4.69, 9.17) is 0 Å². The van der Waals surface area contributed by atoms with Gasteiger partial charge in [0.2, 0.25) is 5.91 Å². The Kier molecular flexibility index (Phi) is 5.48. The summed E-state index contributed by atoms with van der Waals surface area (Å²) in [6.45, 7) is 9.87. The van der Waals surface area contributed by atoms with Crippen LogP contribution < -0.4 is 5.32 Å². The molecule has 0 spiro atoms. The molecule has 0 bridgehead atoms. The predicted molar refractivity (Wildman–Crippen MR) is 72.8 cm³/mol. The molecule has 0 radical (unpaired) electrons. The summed E-state index contributed by atoms with van der Waals surface area (Å²) >= 11 is 0. The van der Waals surface area contributed by atoms with Crippen LogP contribution in [0.4, 0.5) is 0 Å². The molecule has 0 saturated heterocycles. The largest absolute Gasteiger partial charge is 0.356 e. The highest BCUT2D eigenvalue weighted by Crippen LogP contribution is 2.36. The van der Waals surface area contributed by atoms with Gasteiger partial charge in [0.05, 0.1) is 0 Å². The highest BCUT2D eigenvalue weighted by atomic mass is 16.1. The van der Waals surface area contributed by atoms with E-state index in [1.54, 1.807) is 0 Å². The maximum atomic E-state index is 11.8. The first kappa shape index (κ1) is 14.5. The van der Waals surface area contributed by atoms with Gasteiger partial charge in [-0.15, -0.1) is 0 Å². The van der Waals surface area contributed by atoms with Crippen molar-refractivity contribution in [2.45, 2.75) is 66.2 Å². The molecular weight excluding hydrogens is 210 g/mol. The van der Waals surface area contributed by atoms with Crippen molar-refractivity contribution in [2.24, 2.45) is 17.3 Å². The molecule has 2 heteroatoms. The third-order valence-electron chi connectivity index (χ3n) is 3.67. The standard InChI is InChI=1S/C15H29NO/c1-5-10-16-14(17)13-8-6-12(7-9-13)11-15(2,3)4/h12-13H,5-11H2,1-4H3,(H,16,17). The molecule has 1 aliphatic carbocycles. The van der Waals surface area contributed by atoms with Crippen LogP contribution in [0.1, 0.15) is 66.2 Å². The lowest BCUT2D eigenvalue weighted by atomic mass is 9.74. The third kappa shape index (κ3) is 5.56. The lowest BCUT2D eigenvalue weighted by Crippen LogP contribution is -2.34. The monoisotopic (exact) mass is 239 g/mol. The molecule has 1 N–H and O–H groups in total. The van der Waals surface area contributed by atoms with Crippen molar-refractivity contribution in [2.75, 3.05) is 6.54 Å². The summed E-state index contributed by atoms with van der Waals surface area (Å²) in [5, 5.41) is 3.03. The van der Waals surface area contributed by atoms with E-state index in [1.807, 2.05) is 0 Å². The zero-order chi connectivity index (χ0) is 12.9. The van der Waals surface area contributed by atoms with Crippen molar-refractivity contribution in [3.63, 3.8) is 0 Å². The SMILES string of the molecule is CCCNC(=O)C1CCC(CC(C)(C)C)CC1. The molecule has 1 fully saturated rings. The Labute approximate surface area is 107 Å². The topological polar surface area (TPSA) is 29.1 Å². The summed E-state index contributed by atoms with van der Waals surface area (Å²) < 4.78 is 0. The molecular formula is C15H29NO. The molecule has 2 nitrogen and oxygen atoms in total. The van der Waals surface area contributed by atoms with E-state index < -0.39 is 0 Å². The Morgan fingerprint density at radius 3 is 2.24 bits per heavy atom. The number of carbonyl (C=O) groups is 1. The fourth-order valence-electron chi connectivity index (χ4n) is 2.89. The fraction of sp³-hybridized carbons (Fsp3) is 0.933. The quantitative estimate of drug-likeness (QED) is 0.795. The molecule has 1 rings (SSSR count). The van der Waals surface area contributed by atoms with Gasteiger partial charge in [-0.25, -0.2) is 0 Å². The molecule has 0 aliphatic heterocycles. The number of hydrogen-bond acceptors (Lipinski definition) is 1. The van der Waals surface area contributed by atoms with Gasteiger partial charge < -0.3 is 5.32 Å². The van der Waals surface area contributed by atoms with E-state index in [0.717, 1.165) is 31.7 Å². The molecule has 0 aromatic carbocycles. The Morgan fingerprint density at radius 1 is 1.18 bits per heavy atom. The molecule has 0 aromatic heterocycles. The smallest absolute Gasteiger partial charge is 0.223 e. The van der Waals surface area contributed by atoms with Crippen molar-refractivity contribution in [1.82, 2.24) is 5.32 Å². The molecule has 1 aliphatic rings. The van der Waals surface area contributed by atoms with Crippen LogP contribution in [0, 0.1) is 17.3 Å². The first-order valence-corrected chi connectivity index (χ1v) is 7.20. The van der Waals surface area contributed by atoms with Crippen LogP contribution in [0.15, 0.2) is 0 Å². The second-order valence-corrected chi connectivity index (χ2v) is 6.77.